The number of hydrogen-bond donors (Lipinski definition) is 2. The standard InChI is InChI=1S/C30H23F2N9O2S/c1-12(14-4-3-7-37-26(14)35)41-19(16-8-13(16)9-33)11-43-29-21-24(39-30(42-2)40-28(21)41)22(32)23(38-29)15-5-6-18(31)25-20(15)17(10-34)27(36)44-25/h3-7,12-13,16,19H,8,11,36H2,1-2H3,(H2,35,37). The lowest BCUT2D eigenvalue weighted by Crippen LogP contribution is -2.43. The van der Waals surface area contributed by atoms with Crippen LogP contribution in [0, 0.1) is 46.1 Å². The van der Waals surface area contributed by atoms with Crippen LogP contribution in [0.4, 0.5) is 25.4 Å². The van der Waals surface area contributed by atoms with E-state index in [1.54, 1.807) is 12.3 Å². The minimum absolute atomic E-state index is 0.0268. The van der Waals surface area contributed by atoms with Gasteiger partial charge in [0.1, 0.15) is 51.7 Å². The van der Waals surface area contributed by atoms with Crippen molar-refractivity contribution in [3.05, 3.63) is 53.2 Å². The van der Waals surface area contributed by atoms with Crippen molar-refractivity contribution in [2.24, 2.45) is 11.8 Å². The number of fused-ring (bicyclic) bond motifs is 1. The molecule has 0 radical (unpaired) electrons. The van der Waals surface area contributed by atoms with E-state index in [2.05, 4.69) is 26.0 Å². The Morgan fingerprint density at radius 3 is 2.68 bits per heavy atom. The lowest BCUT2D eigenvalue weighted by atomic mass is 10.0. The van der Waals surface area contributed by atoms with Gasteiger partial charge in [-0.2, -0.15) is 20.5 Å². The second kappa shape index (κ2) is 10.1. The van der Waals surface area contributed by atoms with Gasteiger partial charge in [0.15, 0.2) is 5.82 Å². The molecule has 7 rings (SSSR count). The fourth-order valence-electron chi connectivity index (χ4n) is 6.09. The van der Waals surface area contributed by atoms with Crippen LogP contribution in [-0.2, 0) is 0 Å². The van der Waals surface area contributed by atoms with E-state index < -0.39 is 17.7 Å². The molecule has 220 valence electrons. The Morgan fingerprint density at radius 1 is 1.16 bits per heavy atom. The molecule has 11 nitrogen and oxygen atoms in total. The second-order valence-corrected chi connectivity index (χ2v) is 11.7. The SMILES string of the molecule is COc1nc2c3c(nc(-c4ccc(F)c5sc(N)c(C#N)c45)c(F)c3n1)OCC(C1CC1C#N)N2C(C)c1cccnc1N. The first-order valence-electron chi connectivity index (χ1n) is 13.6. The third-order valence-electron chi connectivity index (χ3n) is 8.31. The maximum atomic E-state index is 16.7. The highest BCUT2D eigenvalue weighted by atomic mass is 32.1. The van der Waals surface area contributed by atoms with E-state index in [4.69, 9.17) is 20.9 Å². The number of benzene rings is 1. The molecule has 5 heterocycles. The summed E-state index contributed by atoms with van der Waals surface area (Å²) in [6.45, 7) is 2.01. The molecule has 0 saturated heterocycles. The zero-order valence-corrected chi connectivity index (χ0v) is 24.2. The summed E-state index contributed by atoms with van der Waals surface area (Å²) in [5.41, 5.74) is 12.9. The highest BCUT2D eigenvalue weighted by molar-refractivity contribution is 7.23. The van der Waals surface area contributed by atoms with E-state index in [9.17, 15) is 14.9 Å². The summed E-state index contributed by atoms with van der Waals surface area (Å²) < 4.78 is 43.4. The highest BCUT2D eigenvalue weighted by Gasteiger charge is 2.49. The number of nitrogens with two attached hydrogens (primary N) is 2. The number of nitrogens with zero attached hydrogens (tertiary/aromatic N) is 7. The molecule has 1 aliphatic heterocycles. The van der Waals surface area contributed by atoms with Gasteiger partial charge in [-0.3, -0.25) is 0 Å². The summed E-state index contributed by atoms with van der Waals surface area (Å²) >= 11 is 0.901. The smallest absolute Gasteiger partial charge is 0.318 e. The Labute approximate surface area is 253 Å². The summed E-state index contributed by atoms with van der Waals surface area (Å²) in [5, 5.41) is 20.0. The first kappa shape index (κ1) is 27.5. The summed E-state index contributed by atoms with van der Waals surface area (Å²) in [5.74, 6) is -1.06. The minimum Gasteiger partial charge on any atom is -0.475 e. The van der Waals surface area contributed by atoms with Gasteiger partial charge in [-0.15, -0.1) is 11.3 Å². The number of anilines is 3. The van der Waals surface area contributed by atoms with Crippen molar-refractivity contribution in [3.8, 4) is 35.3 Å². The molecule has 0 amide bonds. The fraction of sp³-hybridized carbons (Fsp3) is 0.267. The number of aromatic nitrogens is 4. The quantitative estimate of drug-likeness (QED) is 0.270. The van der Waals surface area contributed by atoms with Crippen molar-refractivity contribution < 1.29 is 18.3 Å². The molecule has 2 aliphatic rings. The monoisotopic (exact) mass is 611 g/mol. The molecule has 4 atom stereocenters. The number of thiophene rings is 1. The fourth-order valence-corrected chi connectivity index (χ4v) is 7.04. The van der Waals surface area contributed by atoms with E-state index in [1.807, 2.05) is 24.0 Å². The molecule has 1 aliphatic carbocycles. The number of pyridine rings is 2. The maximum absolute atomic E-state index is 16.7. The molecule has 1 aromatic carbocycles. The summed E-state index contributed by atoms with van der Waals surface area (Å²) in [6.07, 6.45) is 2.24. The Balaban J connectivity index is 1.52. The summed E-state index contributed by atoms with van der Waals surface area (Å²) in [7, 11) is 1.37. The largest absolute Gasteiger partial charge is 0.475 e. The molecule has 4 N–H and O–H groups in total. The predicted octanol–water partition coefficient (Wildman–Crippen LogP) is 5.11. The molecule has 1 fully saturated rings. The van der Waals surface area contributed by atoms with Crippen molar-refractivity contribution in [1.82, 2.24) is 19.9 Å². The number of nitrogen functional groups attached to an aromatic ring is 2. The highest BCUT2D eigenvalue weighted by Crippen LogP contribution is 2.50. The summed E-state index contributed by atoms with van der Waals surface area (Å²) in [6, 6.07) is 9.58. The van der Waals surface area contributed by atoms with Crippen molar-refractivity contribution in [2.75, 3.05) is 30.1 Å². The third-order valence-corrected chi connectivity index (χ3v) is 9.34. The van der Waals surface area contributed by atoms with Gasteiger partial charge >= 0.3 is 6.01 Å². The van der Waals surface area contributed by atoms with E-state index >= 15 is 4.39 Å². The van der Waals surface area contributed by atoms with Crippen LogP contribution in [0.5, 0.6) is 11.9 Å². The molecule has 14 heteroatoms. The van der Waals surface area contributed by atoms with E-state index in [0.717, 1.165) is 11.3 Å². The Morgan fingerprint density at radius 2 is 1.98 bits per heavy atom. The van der Waals surface area contributed by atoms with Crippen LogP contribution < -0.4 is 25.8 Å². The van der Waals surface area contributed by atoms with Gasteiger partial charge in [0.05, 0.1) is 41.4 Å². The number of nitriles is 2. The van der Waals surface area contributed by atoms with Crippen LogP contribution in [0.25, 0.3) is 32.2 Å². The van der Waals surface area contributed by atoms with Gasteiger partial charge in [0.25, 0.3) is 0 Å². The minimum atomic E-state index is -0.843. The van der Waals surface area contributed by atoms with Gasteiger partial charge in [0.2, 0.25) is 5.88 Å². The number of halogens is 2. The molecule has 0 spiro atoms. The average Bonchev–Trinajstić information content (AvgIpc) is 3.76. The van der Waals surface area contributed by atoms with Crippen LogP contribution in [0.2, 0.25) is 0 Å². The van der Waals surface area contributed by atoms with Crippen molar-refractivity contribution in [3.63, 3.8) is 0 Å². The van der Waals surface area contributed by atoms with Gasteiger partial charge < -0.3 is 25.8 Å². The van der Waals surface area contributed by atoms with Crippen molar-refractivity contribution in [2.45, 2.75) is 25.4 Å². The third kappa shape index (κ3) is 4.02. The lowest BCUT2D eigenvalue weighted by Gasteiger charge is -2.37. The summed E-state index contributed by atoms with van der Waals surface area (Å²) in [4.78, 5) is 19.8. The maximum Gasteiger partial charge on any atom is 0.318 e. The van der Waals surface area contributed by atoms with Gasteiger partial charge in [-0.05, 0) is 37.5 Å². The molecular weight excluding hydrogens is 588 g/mol. The molecule has 4 aromatic heterocycles. The number of rotatable bonds is 5. The van der Waals surface area contributed by atoms with Gasteiger partial charge in [-0.1, -0.05) is 6.07 Å². The average molecular weight is 612 g/mol. The van der Waals surface area contributed by atoms with E-state index in [0.29, 0.717) is 23.6 Å². The number of ether oxygens (including phenoxy) is 2. The van der Waals surface area contributed by atoms with E-state index in [1.165, 1.54) is 19.2 Å². The normalized spacial score (nSPS) is 19.6. The zero-order valence-electron chi connectivity index (χ0n) is 23.4. The molecule has 5 aromatic rings. The lowest BCUT2D eigenvalue weighted by molar-refractivity contribution is 0.258. The Kier molecular flexibility index (Phi) is 6.33. The van der Waals surface area contributed by atoms with Crippen LogP contribution >= 0.6 is 11.3 Å². The van der Waals surface area contributed by atoms with Crippen LogP contribution in [0.15, 0.2) is 30.5 Å². The molecule has 0 bridgehead atoms. The number of methoxy groups -OCH3 is 1. The van der Waals surface area contributed by atoms with Crippen molar-refractivity contribution >= 4 is 49.0 Å². The van der Waals surface area contributed by atoms with Crippen LogP contribution in [0.3, 0.4) is 0 Å². The van der Waals surface area contributed by atoms with E-state index in [-0.39, 0.29) is 79.2 Å². The molecule has 1 saturated carbocycles. The van der Waals surface area contributed by atoms with Crippen molar-refractivity contribution in [1.29, 1.82) is 10.5 Å². The predicted molar refractivity (Wildman–Crippen MR) is 160 cm³/mol. The van der Waals surface area contributed by atoms with Crippen LogP contribution in [-0.4, -0.2) is 39.7 Å². The zero-order chi connectivity index (χ0) is 30.9. The first-order chi connectivity index (χ1) is 21.3. The first-order valence-corrected chi connectivity index (χ1v) is 14.5. The van der Waals surface area contributed by atoms with Crippen LogP contribution in [0.1, 0.15) is 30.5 Å². The van der Waals surface area contributed by atoms with Gasteiger partial charge in [0, 0.05) is 22.7 Å². The second-order valence-electron chi connectivity index (χ2n) is 10.7. The Hall–Kier alpha value is -5.34. The topological polar surface area (TPSA) is 173 Å². The molecule has 4 unspecified atom stereocenters. The molecular formula is C30H23F2N9O2S. The molecule has 44 heavy (non-hydrogen) atoms. The van der Waals surface area contributed by atoms with Gasteiger partial charge in [-0.25, -0.2) is 18.7 Å². The number of hydrogen-bond acceptors (Lipinski definition) is 12. The Bertz CT molecular complexity index is 2090.